The van der Waals surface area contributed by atoms with E-state index in [9.17, 15) is 5.11 Å². The highest BCUT2D eigenvalue weighted by Gasteiger charge is 2.06. The molecule has 0 fully saturated rings. The first-order valence-corrected chi connectivity index (χ1v) is 7.18. The third-order valence-corrected chi connectivity index (χ3v) is 3.80. The molecule has 0 unspecified atom stereocenters. The van der Waals surface area contributed by atoms with Crippen LogP contribution in [0.5, 0.6) is 5.75 Å². The van der Waals surface area contributed by atoms with Crippen molar-refractivity contribution >= 4 is 21.6 Å². The second-order valence-electron chi connectivity index (χ2n) is 4.64. The van der Waals surface area contributed by atoms with Crippen LogP contribution in [0.4, 0.5) is 5.69 Å². The van der Waals surface area contributed by atoms with E-state index in [1.54, 1.807) is 6.07 Å². The highest BCUT2D eigenvalue weighted by molar-refractivity contribution is 9.10. The maximum Gasteiger partial charge on any atom is 0.129 e. The molecule has 2 nitrogen and oxygen atoms in total. The van der Waals surface area contributed by atoms with Crippen molar-refractivity contribution in [1.29, 1.82) is 0 Å². The van der Waals surface area contributed by atoms with Crippen LogP contribution in [0.25, 0.3) is 0 Å². The van der Waals surface area contributed by atoms with Gasteiger partial charge in [-0.1, -0.05) is 23.8 Å². The molecule has 0 radical (unpaired) electrons. The van der Waals surface area contributed by atoms with Crippen molar-refractivity contribution in [2.45, 2.75) is 20.4 Å². The van der Waals surface area contributed by atoms with Crippen molar-refractivity contribution in [2.75, 3.05) is 11.4 Å². The van der Waals surface area contributed by atoms with Crippen LogP contribution in [-0.2, 0) is 6.54 Å². The van der Waals surface area contributed by atoms with Gasteiger partial charge in [0.1, 0.15) is 5.75 Å². The lowest BCUT2D eigenvalue weighted by atomic mass is 10.1. The Balaban J connectivity index is 2.18. The van der Waals surface area contributed by atoms with Gasteiger partial charge in [-0.05, 0) is 59.6 Å². The molecule has 0 spiro atoms. The SMILES string of the molecule is CCN(Cc1ccc(O)c(Br)c1)c1ccc(C)cc1. The summed E-state index contributed by atoms with van der Waals surface area (Å²) in [6.45, 7) is 6.02. The predicted molar refractivity (Wildman–Crippen MR) is 83.7 cm³/mol. The van der Waals surface area contributed by atoms with Gasteiger partial charge in [0.2, 0.25) is 0 Å². The van der Waals surface area contributed by atoms with E-state index < -0.39 is 0 Å². The number of phenolic OH excluding ortho intramolecular Hbond substituents is 1. The van der Waals surface area contributed by atoms with Crippen LogP contribution >= 0.6 is 15.9 Å². The number of benzene rings is 2. The van der Waals surface area contributed by atoms with Crippen LogP contribution in [0.3, 0.4) is 0 Å². The second kappa shape index (κ2) is 6.11. The smallest absolute Gasteiger partial charge is 0.129 e. The Morgan fingerprint density at radius 2 is 1.79 bits per heavy atom. The van der Waals surface area contributed by atoms with Crippen LogP contribution in [-0.4, -0.2) is 11.7 Å². The van der Waals surface area contributed by atoms with Gasteiger partial charge < -0.3 is 10.0 Å². The molecule has 0 bridgehead atoms. The first kappa shape index (κ1) is 13.9. The molecule has 1 N–H and O–H groups in total. The van der Waals surface area contributed by atoms with Gasteiger partial charge in [0.15, 0.2) is 0 Å². The van der Waals surface area contributed by atoms with E-state index in [4.69, 9.17) is 0 Å². The van der Waals surface area contributed by atoms with Gasteiger partial charge in [-0.2, -0.15) is 0 Å². The summed E-state index contributed by atoms with van der Waals surface area (Å²) >= 11 is 3.36. The van der Waals surface area contributed by atoms with Crippen LogP contribution < -0.4 is 4.90 Å². The summed E-state index contributed by atoms with van der Waals surface area (Å²) in [6, 6.07) is 14.2. The molecule has 0 saturated heterocycles. The lowest BCUT2D eigenvalue weighted by Crippen LogP contribution is -2.21. The van der Waals surface area contributed by atoms with Crippen molar-refractivity contribution < 1.29 is 5.11 Å². The van der Waals surface area contributed by atoms with Crippen molar-refractivity contribution in [1.82, 2.24) is 0 Å². The molecule has 0 amide bonds. The van der Waals surface area contributed by atoms with Crippen molar-refractivity contribution in [3.05, 3.63) is 58.1 Å². The molecule has 100 valence electrons. The Morgan fingerprint density at radius 3 is 2.37 bits per heavy atom. The summed E-state index contributed by atoms with van der Waals surface area (Å²) in [5, 5.41) is 9.52. The van der Waals surface area contributed by atoms with Gasteiger partial charge in [-0.3, -0.25) is 0 Å². The number of hydrogen-bond acceptors (Lipinski definition) is 2. The molecule has 0 aromatic heterocycles. The Labute approximate surface area is 122 Å². The average Bonchev–Trinajstić information content (AvgIpc) is 2.41. The van der Waals surface area contributed by atoms with E-state index >= 15 is 0 Å². The summed E-state index contributed by atoms with van der Waals surface area (Å²) in [5.74, 6) is 0.280. The Bertz CT molecular complexity index is 551. The number of rotatable bonds is 4. The number of aryl methyl sites for hydroxylation is 1. The van der Waals surface area contributed by atoms with Crippen LogP contribution in [0, 0.1) is 6.92 Å². The van der Waals surface area contributed by atoms with Gasteiger partial charge in [0, 0.05) is 18.8 Å². The van der Waals surface area contributed by atoms with E-state index in [-0.39, 0.29) is 5.75 Å². The van der Waals surface area contributed by atoms with Gasteiger partial charge in [0.25, 0.3) is 0 Å². The number of nitrogens with zero attached hydrogens (tertiary/aromatic N) is 1. The third kappa shape index (κ3) is 3.51. The minimum atomic E-state index is 0.280. The molecule has 3 heteroatoms. The fraction of sp³-hybridized carbons (Fsp3) is 0.250. The number of halogens is 1. The Morgan fingerprint density at radius 1 is 1.11 bits per heavy atom. The van der Waals surface area contributed by atoms with Crippen molar-refractivity contribution in [3.8, 4) is 5.75 Å². The zero-order valence-corrected chi connectivity index (χ0v) is 12.8. The minimum absolute atomic E-state index is 0.280. The van der Waals surface area contributed by atoms with Crippen LogP contribution in [0.15, 0.2) is 46.9 Å². The zero-order chi connectivity index (χ0) is 13.8. The van der Waals surface area contributed by atoms with E-state index in [0.29, 0.717) is 0 Å². The number of anilines is 1. The molecule has 2 aromatic rings. The number of hydrogen-bond donors (Lipinski definition) is 1. The van der Waals surface area contributed by atoms with E-state index in [0.717, 1.165) is 17.6 Å². The highest BCUT2D eigenvalue weighted by Crippen LogP contribution is 2.26. The van der Waals surface area contributed by atoms with Gasteiger partial charge in [0.05, 0.1) is 4.47 Å². The summed E-state index contributed by atoms with van der Waals surface area (Å²) in [6.07, 6.45) is 0. The molecular weight excluding hydrogens is 302 g/mol. The molecule has 0 atom stereocenters. The van der Waals surface area contributed by atoms with Gasteiger partial charge >= 0.3 is 0 Å². The lowest BCUT2D eigenvalue weighted by molar-refractivity contribution is 0.471. The standard InChI is InChI=1S/C16H18BrNO/c1-3-18(14-7-4-12(2)5-8-14)11-13-6-9-16(19)15(17)10-13/h4-10,19H,3,11H2,1-2H3. The quantitative estimate of drug-likeness (QED) is 0.897. The first-order chi connectivity index (χ1) is 9.10. The fourth-order valence-electron chi connectivity index (χ4n) is 2.01. The van der Waals surface area contributed by atoms with E-state index in [1.165, 1.54) is 16.8 Å². The minimum Gasteiger partial charge on any atom is -0.507 e. The molecule has 2 aromatic carbocycles. The average molecular weight is 320 g/mol. The largest absolute Gasteiger partial charge is 0.507 e. The normalized spacial score (nSPS) is 10.5. The second-order valence-corrected chi connectivity index (χ2v) is 5.49. The maximum atomic E-state index is 9.52. The number of aromatic hydroxyl groups is 1. The van der Waals surface area contributed by atoms with Crippen LogP contribution in [0.2, 0.25) is 0 Å². The molecular formula is C16H18BrNO. The fourth-order valence-corrected chi connectivity index (χ4v) is 2.44. The molecule has 0 saturated carbocycles. The molecule has 2 rings (SSSR count). The maximum absolute atomic E-state index is 9.52. The molecule has 0 aliphatic rings. The van der Waals surface area contributed by atoms with Gasteiger partial charge in [-0.25, -0.2) is 0 Å². The third-order valence-electron chi connectivity index (χ3n) is 3.17. The molecule has 0 aliphatic heterocycles. The van der Waals surface area contributed by atoms with Crippen molar-refractivity contribution in [2.24, 2.45) is 0 Å². The van der Waals surface area contributed by atoms with E-state index in [2.05, 4.69) is 58.9 Å². The summed E-state index contributed by atoms with van der Waals surface area (Å²) in [7, 11) is 0. The topological polar surface area (TPSA) is 23.5 Å². The molecule has 19 heavy (non-hydrogen) atoms. The highest BCUT2D eigenvalue weighted by atomic mass is 79.9. The summed E-state index contributed by atoms with van der Waals surface area (Å²) in [5.41, 5.74) is 3.66. The lowest BCUT2D eigenvalue weighted by Gasteiger charge is -2.23. The van der Waals surface area contributed by atoms with Crippen LogP contribution in [0.1, 0.15) is 18.1 Å². The summed E-state index contributed by atoms with van der Waals surface area (Å²) in [4.78, 5) is 2.30. The van der Waals surface area contributed by atoms with Gasteiger partial charge in [-0.15, -0.1) is 0 Å². The molecule has 0 aliphatic carbocycles. The first-order valence-electron chi connectivity index (χ1n) is 6.39. The number of phenols is 1. The van der Waals surface area contributed by atoms with Crippen molar-refractivity contribution in [3.63, 3.8) is 0 Å². The van der Waals surface area contributed by atoms with E-state index in [1.807, 2.05) is 12.1 Å². The Kier molecular flexibility index (Phi) is 4.48. The predicted octanol–water partition coefficient (Wildman–Crippen LogP) is 4.49. The zero-order valence-electron chi connectivity index (χ0n) is 11.2. The Hall–Kier alpha value is -1.48. The monoisotopic (exact) mass is 319 g/mol. The molecule has 0 heterocycles. The summed E-state index contributed by atoms with van der Waals surface area (Å²) < 4.78 is 0.741.